The van der Waals surface area contributed by atoms with Crippen LogP contribution in [0.5, 0.6) is 0 Å². The van der Waals surface area contributed by atoms with Crippen molar-refractivity contribution in [1.29, 1.82) is 0 Å². The second-order valence-corrected chi connectivity index (χ2v) is 6.26. The third-order valence-electron chi connectivity index (χ3n) is 4.67. The molecule has 0 radical (unpaired) electrons. The van der Waals surface area contributed by atoms with Gasteiger partial charge in [-0.05, 0) is 36.2 Å². The minimum absolute atomic E-state index is 0.0745. The van der Waals surface area contributed by atoms with E-state index >= 15 is 0 Å². The highest BCUT2D eigenvalue weighted by Crippen LogP contribution is 2.32. The van der Waals surface area contributed by atoms with E-state index in [2.05, 4.69) is 0 Å². The number of fused-ring (bicyclic) bond motifs is 3. The van der Waals surface area contributed by atoms with Crippen LogP contribution >= 0.6 is 0 Å². The second kappa shape index (κ2) is 6.20. The van der Waals surface area contributed by atoms with E-state index in [0.717, 1.165) is 5.56 Å². The van der Waals surface area contributed by atoms with Crippen molar-refractivity contribution in [3.8, 4) is 0 Å². The molecule has 1 fully saturated rings. The largest absolute Gasteiger partial charge is 0.447 e. The Morgan fingerprint density at radius 3 is 2.76 bits per heavy atom. The molecule has 0 saturated carbocycles. The number of amides is 2. The molecule has 2 heterocycles. The summed E-state index contributed by atoms with van der Waals surface area (Å²) in [5, 5.41) is 0. The van der Waals surface area contributed by atoms with Gasteiger partial charge in [0.25, 0.3) is 5.91 Å². The Morgan fingerprint density at radius 2 is 1.96 bits per heavy atom. The minimum Gasteiger partial charge on any atom is -0.447 e. The molecule has 5 nitrogen and oxygen atoms in total. The van der Waals surface area contributed by atoms with E-state index in [0.29, 0.717) is 30.8 Å². The van der Waals surface area contributed by atoms with Crippen molar-refractivity contribution in [2.75, 3.05) is 18.1 Å². The maximum atomic E-state index is 13.8. The van der Waals surface area contributed by atoms with Crippen molar-refractivity contribution < 1.29 is 18.7 Å². The van der Waals surface area contributed by atoms with Crippen molar-refractivity contribution in [1.82, 2.24) is 4.90 Å². The molecule has 25 heavy (non-hydrogen) atoms. The van der Waals surface area contributed by atoms with Crippen molar-refractivity contribution in [3.63, 3.8) is 0 Å². The summed E-state index contributed by atoms with van der Waals surface area (Å²) in [5.41, 5.74) is 1.83. The Kier molecular flexibility index (Phi) is 3.87. The standard InChI is InChI=1S/C19H17FN2O3/c20-15-7-6-14-11-21(18(23)13-4-2-1-3-5-13)9-8-16-12-25-19(24)22(16)17(14)10-15/h1-7,10,16H,8-9,11-12H2. The molecule has 2 amide bonds. The zero-order valence-electron chi connectivity index (χ0n) is 13.5. The van der Waals surface area contributed by atoms with Gasteiger partial charge in [-0.2, -0.15) is 0 Å². The monoisotopic (exact) mass is 340 g/mol. The van der Waals surface area contributed by atoms with Gasteiger partial charge in [0.05, 0.1) is 11.7 Å². The number of hydrogen-bond acceptors (Lipinski definition) is 3. The van der Waals surface area contributed by atoms with Crippen LogP contribution in [0, 0.1) is 5.82 Å². The predicted octanol–water partition coefficient (Wildman–Crippen LogP) is 3.20. The van der Waals surface area contributed by atoms with E-state index in [-0.39, 0.29) is 18.6 Å². The van der Waals surface area contributed by atoms with Gasteiger partial charge in [-0.15, -0.1) is 0 Å². The lowest BCUT2D eigenvalue weighted by Crippen LogP contribution is -2.42. The summed E-state index contributed by atoms with van der Waals surface area (Å²) in [6.45, 7) is 1.07. The predicted molar refractivity (Wildman–Crippen MR) is 89.8 cm³/mol. The van der Waals surface area contributed by atoms with E-state index in [4.69, 9.17) is 4.74 Å². The van der Waals surface area contributed by atoms with Crippen molar-refractivity contribution in [2.24, 2.45) is 0 Å². The summed E-state index contributed by atoms with van der Waals surface area (Å²) in [4.78, 5) is 28.2. The van der Waals surface area contributed by atoms with Crippen LogP contribution in [0.2, 0.25) is 0 Å². The lowest BCUT2D eigenvalue weighted by molar-refractivity contribution is 0.0734. The van der Waals surface area contributed by atoms with Crippen LogP contribution in [0.15, 0.2) is 48.5 Å². The van der Waals surface area contributed by atoms with Crippen LogP contribution in [0.1, 0.15) is 22.3 Å². The fourth-order valence-corrected chi connectivity index (χ4v) is 3.39. The first kappa shape index (κ1) is 15.6. The third-order valence-corrected chi connectivity index (χ3v) is 4.67. The maximum Gasteiger partial charge on any atom is 0.414 e. The summed E-state index contributed by atoms with van der Waals surface area (Å²) < 4.78 is 18.9. The smallest absolute Gasteiger partial charge is 0.414 e. The highest BCUT2D eigenvalue weighted by molar-refractivity contribution is 5.95. The molecule has 1 saturated heterocycles. The summed E-state index contributed by atoms with van der Waals surface area (Å²) in [5.74, 6) is -0.492. The summed E-state index contributed by atoms with van der Waals surface area (Å²) in [6, 6.07) is 13.2. The van der Waals surface area contributed by atoms with Crippen LogP contribution in [0.25, 0.3) is 0 Å². The molecular weight excluding hydrogens is 323 g/mol. The average molecular weight is 340 g/mol. The molecule has 2 aliphatic heterocycles. The zero-order chi connectivity index (χ0) is 17.4. The Labute approximate surface area is 144 Å². The van der Waals surface area contributed by atoms with Gasteiger partial charge in [-0.1, -0.05) is 24.3 Å². The highest BCUT2D eigenvalue weighted by Gasteiger charge is 2.37. The average Bonchev–Trinajstić information content (AvgIpc) is 2.98. The molecule has 1 unspecified atom stereocenters. The maximum absolute atomic E-state index is 13.8. The molecule has 2 aromatic carbocycles. The van der Waals surface area contributed by atoms with Gasteiger partial charge >= 0.3 is 6.09 Å². The Bertz CT molecular complexity index is 825. The molecular formula is C19H17FN2O3. The topological polar surface area (TPSA) is 49.9 Å². The molecule has 4 rings (SSSR count). The number of nitrogens with zero attached hydrogens (tertiary/aromatic N) is 2. The molecule has 0 aliphatic carbocycles. The third kappa shape index (κ3) is 2.84. The number of anilines is 1. The van der Waals surface area contributed by atoms with Crippen LogP contribution in [0.4, 0.5) is 14.9 Å². The molecule has 0 N–H and O–H groups in total. The Hall–Kier alpha value is -2.89. The van der Waals surface area contributed by atoms with Gasteiger partial charge in [0.2, 0.25) is 0 Å². The normalized spacial score (nSPS) is 19.6. The minimum atomic E-state index is -0.459. The molecule has 1 atom stereocenters. The summed E-state index contributed by atoms with van der Waals surface area (Å²) in [7, 11) is 0. The molecule has 0 bridgehead atoms. The number of hydrogen-bond donors (Lipinski definition) is 0. The molecule has 2 aliphatic rings. The first-order chi connectivity index (χ1) is 12.1. The number of ether oxygens (including phenoxy) is 1. The SMILES string of the molecule is O=C(c1ccccc1)N1CCC2COC(=O)N2c2cc(F)ccc2C1. The fourth-order valence-electron chi connectivity index (χ4n) is 3.39. The van der Waals surface area contributed by atoms with Crippen LogP contribution < -0.4 is 4.90 Å². The van der Waals surface area contributed by atoms with Gasteiger partial charge in [0.1, 0.15) is 12.4 Å². The lowest BCUT2D eigenvalue weighted by atomic mass is 10.0. The number of rotatable bonds is 1. The first-order valence-electron chi connectivity index (χ1n) is 8.22. The van der Waals surface area contributed by atoms with Crippen molar-refractivity contribution in [2.45, 2.75) is 19.0 Å². The first-order valence-corrected chi connectivity index (χ1v) is 8.22. The molecule has 0 aromatic heterocycles. The van der Waals surface area contributed by atoms with E-state index in [1.54, 1.807) is 23.1 Å². The van der Waals surface area contributed by atoms with Crippen molar-refractivity contribution in [3.05, 3.63) is 65.5 Å². The zero-order valence-corrected chi connectivity index (χ0v) is 13.5. The van der Waals surface area contributed by atoms with Crippen LogP contribution in [-0.4, -0.2) is 36.1 Å². The Morgan fingerprint density at radius 1 is 1.16 bits per heavy atom. The Balaban J connectivity index is 1.72. The van der Waals surface area contributed by atoms with E-state index < -0.39 is 11.9 Å². The van der Waals surface area contributed by atoms with E-state index in [1.807, 2.05) is 18.2 Å². The molecule has 6 heteroatoms. The molecule has 0 spiro atoms. The molecule has 2 aromatic rings. The summed E-state index contributed by atoms with van der Waals surface area (Å²) >= 11 is 0. The van der Waals surface area contributed by atoms with Gasteiger partial charge in [-0.25, -0.2) is 9.18 Å². The summed E-state index contributed by atoms with van der Waals surface area (Å²) in [6.07, 6.45) is 0.125. The quantitative estimate of drug-likeness (QED) is 0.801. The van der Waals surface area contributed by atoms with Crippen molar-refractivity contribution >= 4 is 17.7 Å². The lowest BCUT2D eigenvalue weighted by Gasteiger charge is -2.32. The highest BCUT2D eigenvalue weighted by atomic mass is 19.1. The number of cyclic esters (lactones) is 1. The molecule has 128 valence electrons. The van der Waals surface area contributed by atoms with Crippen LogP contribution in [0.3, 0.4) is 0 Å². The van der Waals surface area contributed by atoms with Gasteiger partial charge < -0.3 is 9.64 Å². The van der Waals surface area contributed by atoms with Gasteiger partial charge in [0.15, 0.2) is 0 Å². The second-order valence-electron chi connectivity index (χ2n) is 6.26. The number of carbonyl (C=O) groups excluding carboxylic acids is 2. The van der Waals surface area contributed by atoms with Gasteiger partial charge in [-0.3, -0.25) is 9.69 Å². The van der Waals surface area contributed by atoms with Crippen LogP contribution in [-0.2, 0) is 11.3 Å². The van der Waals surface area contributed by atoms with E-state index in [9.17, 15) is 14.0 Å². The fraction of sp³-hybridized carbons (Fsp3) is 0.263. The number of halogens is 1. The van der Waals surface area contributed by atoms with E-state index in [1.165, 1.54) is 17.0 Å². The number of benzene rings is 2. The number of carbonyl (C=O) groups is 2. The van der Waals surface area contributed by atoms with Gasteiger partial charge in [0, 0.05) is 18.7 Å².